The van der Waals surface area contributed by atoms with Gasteiger partial charge in [-0.3, -0.25) is 0 Å². The Labute approximate surface area is 62.4 Å². The van der Waals surface area contributed by atoms with Gasteiger partial charge in [0.2, 0.25) is 0 Å². The van der Waals surface area contributed by atoms with Crippen LogP contribution in [0.4, 0.5) is 0 Å². The second kappa shape index (κ2) is 6.02. The summed E-state index contributed by atoms with van der Waals surface area (Å²) in [5.74, 6) is 0.684. The molecule has 0 saturated carbocycles. The van der Waals surface area contributed by atoms with Crippen molar-refractivity contribution in [2.24, 2.45) is 5.92 Å². The zero-order chi connectivity index (χ0) is 7.11. The first-order valence-electron chi connectivity index (χ1n) is 3.40. The first-order valence-corrected chi connectivity index (χ1v) is 3.87. The molecular weight excluding hydrogens is 132 g/mol. The Bertz CT molecular complexity index is 69.3. The van der Waals surface area contributed by atoms with Crippen molar-refractivity contribution in [1.29, 1.82) is 0 Å². The lowest BCUT2D eigenvalue weighted by molar-refractivity contribution is 0.244. The molecule has 0 N–H and O–H groups in total. The molecule has 0 rings (SSSR count). The third-order valence-electron chi connectivity index (χ3n) is 1.55. The van der Waals surface area contributed by atoms with Crippen LogP contribution in [-0.2, 0) is 4.74 Å². The van der Waals surface area contributed by atoms with Gasteiger partial charge in [-0.1, -0.05) is 26.7 Å². The molecule has 0 aliphatic rings. The lowest BCUT2D eigenvalue weighted by atomic mass is 10.1. The summed E-state index contributed by atoms with van der Waals surface area (Å²) in [5.41, 5.74) is 1.35. The van der Waals surface area contributed by atoms with Gasteiger partial charge < -0.3 is 4.74 Å². The van der Waals surface area contributed by atoms with E-state index >= 15 is 0 Å². The van der Waals surface area contributed by atoms with Crippen LogP contribution in [0.2, 0.25) is 0 Å². The molecule has 0 aliphatic heterocycles. The van der Waals surface area contributed by atoms with Crippen LogP contribution in [0.5, 0.6) is 0 Å². The van der Waals surface area contributed by atoms with E-state index < -0.39 is 0 Å². The van der Waals surface area contributed by atoms with E-state index in [1.54, 1.807) is 0 Å². The van der Waals surface area contributed by atoms with Crippen LogP contribution in [-0.4, -0.2) is 12.2 Å². The lowest BCUT2D eigenvalue weighted by Gasteiger charge is -2.09. The Morgan fingerprint density at radius 2 is 2.00 bits per heavy atom. The van der Waals surface area contributed by atoms with Crippen LogP contribution in [0.3, 0.4) is 0 Å². The predicted molar refractivity (Wildman–Crippen MR) is 43.7 cm³/mol. The number of hydrogen-bond donors (Lipinski definition) is 0. The van der Waals surface area contributed by atoms with Crippen molar-refractivity contribution in [3.05, 3.63) is 0 Å². The van der Waals surface area contributed by atoms with Crippen LogP contribution < -0.4 is 0 Å². The van der Waals surface area contributed by atoms with E-state index in [-0.39, 0.29) is 0 Å². The lowest BCUT2D eigenvalue weighted by Crippen LogP contribution is -2.05. The molecular formula is C7H14OS. The average molecular weight is 146 g/mol. The minimum absolute atomic E-state index is 0.684. The van der Waals surface area contributed by atoms with Crippen molar-refractivity contribution in [2.75, 3.05) is 6.61 Å². The van der Waals surface area contributed by atoms with E-state index in [2.05, 4.69) is 26.1 Å². The Hall–Kier alpha value is -0.110. The first kappa shape index (κ1) is 8.89. The molecule has 0 bridgehead atoms. The smallest absolute Gasteiger partial charge is 0.146 e. The van der Waals surface area contributed by atoms with Crippen molar-refractivity contribution >= 4 is 17.8 Å². The van der Waals surface area contributed by atoms with Gasteiger partial charge in [0, 0.05) is 0 Å². The van der Waals surface area contributed by atoms with E-state index in [4.69, 9.17) is 4.74 Å². The summed E-state index contributed by atoms with van der Waals surface area (Å²) in [6, 6.07) is 0. The average Bonchev–Trinajstić information content (AvgIpc) is 1.91. The molecule has 0 aliphatic carbocycles. The summed E-state index contributed by atoms with van der Waals surface area (Å²) in [7, 11) is 0. The van der Waals surface area contributed by atoms with E-state index in [1.165, 1.54) is 18.4 Å². The minimum atomic E-state index is 0.684. The third-order valence-corrected chi connectivity index (χ3v) is 1.69. The van der Waals surface area contributed by atoms with Crippen molar-refractivity contribution in [2.45, 2.75) is 26.7 Å². The molecule has 0 aromatic heterocycles. The molecule has 1 nitrogen and oxygen atoms in total. The highest BCUT2D eigenvalue weighted by Crippen LogP contribution is 2.06. The number of rotatable bonds is 5. The highest BCUT2D eigenvalue weighted by atomic mass is 32.1. The molecule has 0 aromatic rings. The Morgan fingerprint density at radius 3 is 2.33 bits per heavy atom. The maximum Gasteiger partial charge on any atom is 0.146 e. The third kappa shape index (κ3) is 4.40. The highest BCUT2D eigenvalue weighted by Gasteiger charge is 2.00. The molecule has 0 radical (unpaired) electrons. The molecule has 0 heterocycles. The van der Waals surface area contributed by atoms with Crippen LogP contribution in [0.1, 0.15) is 26.7 Å². The summed E-state index contributed by atoms with van der Waals surface area (Å²) < 4.78 is 4.97. The molecule has 0 saturated heterocycles. The van der Waals surface area contributed by atoms with E-state index in [0.717, 1.165) is 6.61 Å². The van der Waals surface area contributed by atoms with Gasteiger partial charge in [0.15, 0.2) is 0 Å². The summed E-state index contributed by atoms with van der Waals surface area (Å²) in [5, 5.41) is 0. The van der Waals surface area contributed by atoms with Gasteiger partial charge in [-0.2, -0.15) is 0 Å². The Kier molecular flexibility index (Phi) is 5.94. The second-order valence-electron chi connectivity index (χ2n) is 2.11. The zero-order valence-corrected chi connectivity index (χ0v) is 6.91. The number of thiocarbonyl (C=S) groups is 1. The molecule has 0 amide bonds. The van der Waals surface area contributed by atoms with Gasteiger partial charge in [-0.15, -0.1) is 0 Å². The largest absolute Gasteiger partial charge is 0.490 e. The van der Waals surface area contributed by atoms with Crippen LogP contribution in [0.25, 0.3) is 0 Å². The van der Waals surface area contributed by atoms with Gasteiger partial charge in [-0.25, -0.2) is 0 Å². The minimum Gasteiger partial charge on any atom is -0.490 e. The maximum atomic E-state index is 4.97. The molecule has 9 heavy (non-hydrogen) atoms. The molecule has 0 unspecified atom stereocenters. The van der Waals surface area contributed by atoms with Gasteiger partial charge >= 0.3 is 0 Å². The van der Waals surface area contributed by atoms with Crippen molar-refractivity contribution in [3.63, 3.8) is 0 Å². The first-order chi connectivity index (χ1) is 4.35. The summed E-state index contributed by atoms with van der Waals surface area (Å²) in [6.07, 6.45) is 2.36. The predicted octanol–water partition coefficient (Wildman–Crippen LogP) is 2.40. The van der Waals surface area contributed by atoms with Crippen LogP contribution in [0, 0.1) is 5.92 Å². The summed E-state index contributed by atoms with van der Waals surface area (Å²) >= 11 is 4.52. The van der Waals surface area contributed by atoms with Crippen molar-refractivity contribution in [1.82, 2.24) is 0 Å². The van der Waals surface area contributed by atoms with Gasteiger partial charge in [-0.05, 0) is 18.1 Å². The van der Waals surface area contributed by atoms with Gasteiger partial charge in [0.25, 0.3) is 0 Å². The Balaban J connectivity index is 3.19. The SMILES string of the molecule is CCC(CC)COC=S. The topological polar surface area (TPSA) is 9.23 Å². The van der Waals surface area contributed by atoms with Gasteiger partial charge in [0.1, 0.15) is 5.55 Å². The molecule has 54 valence electrons. The fourth-order valence-electron chi connectivity index (χ4n) is 0.700. The van der Waals surface area contributed by atoms with Crippen molar-refractivity contribution in [3.8, 4) is 0 Å². The van der Waals surface area contributed by atoms with E-state index in [1.807, 2.05) is 0 Å². The molecule has 0 aromatic carbocycles. The van der Waals surface area contributed by atoms with Crippen LogP contribution >= 0.6 is 12.2 Å². The molecule has 0 fully saturated rings. The molecule has 0 spiro atoms. The Morgan fingerprint density at radius 1 is 1.44 bits per heavy atom. The van der Waals surface area contributed by atoms with Crippen molar-refractivity contribution < 1.29 is 4.74 Å². The summed E-state index contributed by atoms with van der Waals surface area (Å²) in [4.78, 5) is 0. The van der Waals surface area contributed by atoms with Crippen LogP contribution in [0.15, 0.2) is 0 Å². The van der Waals surface area contributed by atoms with Gasteiger partial charge in [0.05, 0.1) is 6.61 Å². The second-order valence-corrected chi connectivity index (χ2v) is 2.30. The highest BCUT2D eigenvalue weighted by molar-refractivity contribution is 7.78. The fourth-order valence-corrected chi connectivity index (χ4v) is 0.778. The quantitative estimate of drug-likeness (QED) is 0.551. The monoisotopic (exact) mass is 146 g/mol. The number of ether oxygens (including phenoxy) is 1. The maximum absolute atomic E-state index is 4.97. The molecule has 0 atom stereocenters. The molecule has 2 heteroatoms. The normalized spacial score (nSPS) is 9.67. The summed E-state index contributed by atoms with van der Waals surface area (Å²) in [6.45, 7) is 5.12. The zero-order valence-electron chi connectivity index (χ0n) is 6.09. The van der Waals surface area contributed by atoms with E-state index in [0.29, 0.717) is 5.92 Å². The standard InChI is InChI=1S/C7H14OS/c1-3-7(4-2)5-8-6-9/h6-7H,3-5H2,1-2H3. The van der Waals surface area contributed by atoms with E-state index in [9.17, 15) is 0 Å². The fraction of sp³-hybridized carbons (Fsp3) is 0.857. The number of hydrogen-bond acceptors (Lipinski definition) is 2.